The zero-order chi connectivity index (χ0) is 19.7. The van der Waals surface area contributed by atoms with Gasteiger partial charge in [-0.2, -0.15) is 0 Å². The fraction of sp³-hybridized carbons (Fsp3) is 0.208. The van der Waals surface area contributed by atoms with Crippen LogP contribution in [0.2, 0.25) is 0 Å². The molecule has 3 aromatic carbocycles. The Morgan fingerprint density at radius 2 is 1.68 bits per heavy atom. The van der Waals surface area contributed by atoms with Gasteiger partial charge in [-0.1, -0.05) is 55.5 Å². The first-order valence-corrected chi connectivity index (χ1v) is 9.56. The van der Waals surface area contributed by atoms with E-state index in [4.69, 9.17) is 9.47 Å². The predicted molar refractivity (Wildman–Crippen MR) is 113 cm³/mol. The zero-order valence-electron chi connectivity index (χ0n) is 16.4. The van der Waals surface area contributed by atoms with Crippen molar-refractivity contribution in [2.45, 2.75) is 20.3 Å². The largest absolute Gasteiger partial charge is 0.496 e. The molecule has 0 spiro atoms. The van der Waals surface area contributed by atoms with Crippen molar-refractivity contribution in [3.8, 4) is 16.9 Å². The van der Waals surface area contributed by atoms with Gasteiger partial charge in [-0.15, -0.1) is 0 Å². The fourth-order valence-electron chi connectivity index (χ4n) is 3.97. The Morgan fingerprint density at radius 3 is 2.36 bits per heavy atom. The van der Waals surface area contributed by atoms with E-state index in [1.54, 1.807) is 11.7 Å². The third kappa shape index (κ3) is 2.73. The number of carbonyl (C=O) groups is 1. The lowest BCUT2D eigenvalue weighted by molar-refractivity contribution is 0.156. The van der Waals surface area contributed by atoms with Gasteiger partial charge in [0.1, 0.15) is 5.75 Å². The van der Waals surface area contributed by atoms with E-state index in [1.165, 1.54) is 0 Å². The zero-order valence-corrected chi connectivity index (χ0v) is 16.4. The van der Waals surface area contributed by atoms with Crippen LogP contribution < -0.4 is 4.74 Å². The molecule has 4 heteroatoms. The van der Waals surface area contributed by atoms with E-state index in [2.05, 4.69) is 19.1 Å². The molecule has 0 atom stereocenters. The molecule has 142 valence electrons. The summed E-state index contributed by atoms with van der Waals surface area (Å²) in [6.07, 6.45) is 0.423. The van der Waals surface area contributed by atoms with Gasteiger partial charge < -0.3 is 9.47 Å². The summed E-state index contributed by atoms with van der Waals surface area (Å²) in [6.45, 7) is 4.25. The average Bonchev–Trinajstić information content (AvgIpc) is 3.07. The van der Waals surface area contributed by atoms with E-state index in [0.717, 1.165) is 50.7 Å². The van der Waals surface area contributed by atoms with E-state index < -0.39 is 0 Å². The number of carbonyl (C=O) groups excluding carboxylic acids is 1. The summed E-state index contributed by atoms with van der Waals surface area (Å²) in [5.74, 6) is 0.834. The third-order valence-corrected chi connectivity index (χ3v) is 5.11. The van der Waals surface area contributed by atoms with Crippen molar-refractivity contribution in [3.63, 3.8) is 0 Å². The first-order chi connectivity index (χ1) is 13.7. The molecule has 0 saturated carbocycles. The summed E-state index contributed by atoms with van der Waals surface area (Å²) >= 11 is 0. The van der Waals surface area contributed by atoms with Crippen LogP contribution in [0.15, 0.2) is 60.7 Å². The van der Waals surface area contributed by atoms with Crippen LogP contribution in [0.4, 0.5) is 4.79 Å². The molecule has 0 fully saturated rings. The van der Waals surface area contributed by atoms with Crippen molar-refractivity contribution >= 4 is 27.9 Å². The van der Waals surface area contributed by atoms with Crippen molar-refractivity contribution in [2.75, 3.05) is 13.7 Å². The van der Waals surface area contributed by atoms with Crippen molar-refractivity contribution in [1.82, 2.24) is 4.57 Å². The highest BCUT2D eigenvalue weighted by Gasteiger charge is 2.24. The second-order valence-corrected chi connectivity index (χ2v) is 6.60. The average molecular weight is 373 g/mol. The highest BCUT2D eigenvalue weighted by Crippen LogP contribution is 2.42. The van der Waals surface area contributed by atoms with Gasteiger partial charge in [0.25, 0.3) is 0 Å². The summed E-state index contributed by atoms with van der Waals surface area (Å²) in [7, 11) is 1.69. The summed E-state index contributed by atoms with van der Waals surface area (Å²) in [5.41, 5.74) is 4.85. The topological polar surface area (TPSA) is 40.5 Å². The Kier molecular flexibility index (Phi) is 4.78. The van der Waals surface area contributed by atoms with Crippen LogP contribution in [0.5, 0.6) is 5.75 Å². The van der Waals surface area contributed by atoms with Crippen LogP contribution in [0.25, 0.3) is 32.9 Å². The number of hydrogen-bond donors (Lipinski definition) is 0. The quantitative estimate of drug-likeness (QED) is 0.438. The van der Waals surface area contributed by atoms with Gasteiger partial charge in [-0.25, -0.2) is 9.36 Å². The van der Waals surface area contributed by atoms with Gasteiger partial charge in [-0.05, 0) is 31.0 Å². The van der Waals surface area contributed by atoms with E-state index >= 15 is 0 Å². The minimum absolute atomic E-state index is 0.324. The van der Waals surface area contributed by atoms with Gasteiger partial charge in [-0.3, -0.25) is 0 Å². The number of methoxy groups -OCH3 is 1. The first kappa shape index (κ1) is 18.1. The van der Waals surface area contributed by atoms with Crippen molar-refractivity contribution in [2.24, 2.45) is 0 Å². The van der Waals surface area contributed by atoms with Crippen LogP contribution in [0.1, 0.15) is 19.4 Å². The van der Waals surface area contributed by atoms with Crippen molar-refractivity contribution in [1.29, 1.82) is 0 Å². The standard InChI is InChI=1S/C24H23NO3/c1-4-17-21(27-3)15-19-18-13-9-10-14-20(18)25(24(26)28-5-2)23(19)22(17)16-11-7-6-8-12-16/h6-15H,4-5H2,1-3H3. The maximum Gasteiger partial charge on any atom is 0.418 e. The Hall–Kier alpha value is -3.27. The van der Waals surface area contributed by atoms with Crippen LogP contribution in [-0.4, -0.2) is 24.4 Å². The number of fused-ring (bicyclic) bond motifs is 3. The lowest BCUT2D eigenvalue weighted by Crippen LogP contribution is -2.14. The Morgan fingerprint density at radius 1 is 0.964 bits per heavy atom. The molecule has 0 aliphatic rings. The summed E-state index contributed by atoms with van der Waals surface area (Å²) in [5, 5.41) is 1.99. The van der Waals surface area contributed by atoms with Crippen LogP contribution in [0.3, 0.4) is 0 Å². The summed E-state index contributed by atoms with van der Waals surface area (Å²) < 4.78 is 12.9. The Balaban J connectivity index is 2.25. The Bertz CT molecular complexity index is 1160. The number of para-hydroxylation sites is 1. The smallest absolute Gasteiger partial charge is 0.418 e. The van der Waals surface area contributed by atoms with Gasteiger partial charge in [0.05, 0.1) is 24.8 Å². The number of hydrogen-bond acceptors (Lipinski definition) is 3. The van der Waals surface area contributed by atoms with Gasteiger partial charge >= 0.3 is 6.09 Å². The first-order valence-electron chi connectivity index (χ1n) is 9.56. The minimum atomic E-state index is -0.363. The summed E-state index contributed by atoms with van der Waals surface area (Å²) in [4.78, 5) is 13.0. The molecule has 0 amide bonds. The monoisotopic (exact) mass is 373 g/mol. The second kappa shape index (κ2) is 7.39. The van der Waals surface area contributed by atoms with Gasteiger partial charge in [0.15, 0.2) is 0 Å². The molecule has 0 unspecified atom stereocenters. The number of benzene rings is 3. The molecule has 0 aliphatic heterocycles. The lowest BCUT2D eigenvalue weighted by atomic mass is 9.94. The fourth-order valence-corrected chi connectivity index (χ4v) is 3.97. The minimum Gasteiger partial charge on any atom is -0.496 e. The molecule has 4 aromatic rings. The molecule has 28 heavy (non-hydrogen) atoms. The maximum absolute atomic E-state index is 13.0. The molecular formula is C24H23NO3. The number of nitrogens with zero attached hydrogens (tertiary/aromatic N) is 1. The number of ether oxygens (including phenoxy) is 2. The maximum atomic E-state index is 13.0. The Labute approximate surface area is 164 Å². The lowest BCUT2D eigenvalue weighted by Gasteiger charge is -2.17. The summed E-state index contributed by atoms with van der Waals surface area (Å²) in [6, 6.07) is 20.1. The van der Waals surface area contributed by atoms with E-state index in [0.29, 0.717) is 6.61 Å². The molecular weight excluding hydrogens is 350 g/mol. The molecule has 4 nitrogen and oxygen atoms in total. The van der Waals surface area contributed by atoms with Crippen LogP contribution >= 0.6 is 0 Å². The second-order valence-electron chi connectivity index (χ2n) is 6.60. The molecule has 1 aromatic heterocycles. The number of rotatable bonds is 4. The predicted octanol–water partition coefficient (Wildman–Crippen LogP) is 6.04. The molecule has 0 bridgehead atoms. The van der Waals surface area contributed by atoms with Crippen LogP contribution in [0, 0.1) is 0 Å². The van der Waals surface area contributed by atoms with E-state index in [9.17, 15) is 4.79 Å². The molecule has 4 rings (SSSR count). The van der Waals surface area contributed by atoms with Crippen molar-refractivity contribution < 1.29 is 14.3 Å². The van der Waals surface area contributed by atoms with Gasteiger partial charge in [0.2, 0.25) is 0 Å². The molecule has 0 radical (unpaired) electrons. The molecule has 0 N–H and O–H groups in total. The highest BCUT2D eigenvalue weighted by atomic mass is 16.5. The third-order valence-electron chi connectivity index (χ3n) is 5.11. The van der Waals surface area contributed by atoms with E-state index in [-0.39, 0.29) is 6.09 Å². The van der Waals surface area contributed by atoms with Gasteiger partial charge in [0, 0.05) is 21.9 Å². The van der Waals surface area contributed by atoms with E-state index in [1.807, 2.05) is 55.5 Å². The van der Waals surface area contributed by atoms with Crippen molar-refractivity contribution in [3.05, 3.63) is 66.2 Å². The SMILES string of the molecule is CCOC(=O)n1c2ccccc2c2cc(OC)c(CC)c(-c3ccccc3)c21. The molecule has 0 aliphatic carbocycles. The van der Waals surface area contributed by atoms with Crippen LogP contribution in [-0.2, 0) is 11.2 Å². The number of aromatic nitrogens is 1. The highest BCUT2D eigenvalue weighted by molar-refractivity contribution is 6.17. The normalized spacial score (nSPS) is 11.1. The molecule has 0 saturated heterocycles. The molecule has 1 heterocycles.